The fraction of sp³-hybridized carbons (Fsp3) is 0.273. The molecule has 0 aromatic heterocycles. The summed E-state index contributed by atoms with van der Waals surface area (Å²) >= 11 is 6.39. The Morgan fingerprint density at radius 2 is 1.93 bits per heavy atom. The fourth-order valence-electron chi connectivity index (χ4n) is 2.67. The Balaban J connectivity index is 1.95. The standard InChI is InChI=1S/C22H22ClNO4/c1-5-26-19-12-15(10-17(23)20(19)27-13(2)3)11-18-22(25)28-21(24-18)16-8-6-14(4)7-9-16/h6-13H,5H2,1-4H3/b18-11-. The van der Waals surface area contributed by atoms with E-state index in [0.29, 0.717) is 28.7 Å². The van der Waals surface area contributed by atoms with Gasteiger partial charge in [-0.3, -0.25) is 0 Å². The molecule has 1 aliphatic heterocycles. The van der Waals surface area contributed by atoms with Crippen molar-refractivity contribution in [1.82, 2.24) is 0 Å². The minimum atomic E-state index is -0.507. The van der Waals surface area contributed by atoms with Crippen LogP contribution in [0.25, 0.3) is 6.08 Å². The van der Waals surface area contributed by atoms with Crippen molar-refractivity contribution in [2.24, 2.45) is 4.99 Å². The largest absolute Gasteiger partial charge is 0.490 e. The number of benzene rings is 2. The maximum atomic E-state index is 12.2. The average molecular weight is 400 g/mol. The molecule has 28 heavy (non-hydrogen) atoms. The van der Waals surface area contributed by atoms with E-state index in [1.54, 1.807) is 18.2 Å². The first kappa shape index (κ1) is 20.0. The van der Waals surface area contributed by atoms with Crippen LogP contribution in [0.3, 0.4) is 0 Å². The number of cyclic esters (lactones) is 1. The van der Waals surface area contributed by atoms with Gasteiger partial charge in [0.05, 0.1) is 17.7 Å². The Kier molecular flexibility index (Phi) is 6.05. The molecule has 1 heterocycles. The molecule has 0 aliphatic carbocycles. The van der Waals surface area contributed by atoms with Crippen LogP contribution in [0.5, 0.6) is 11.5 Å². The van der Waals surface area contributed by atoms with Gasteiger partial charge in [0.25, 0.3) is 0 Å². The Morgan fingerprint density at radius 3 is 2.57 bits per heavy atom. The van der Waals surface area contributed by atoms with Gasteiger partial charge in [-0.1, -0.05) is 29.3 Å². The maximum Gasteiger partial charge on any atom is 0.363 e. The van der Waals surface area contributed by atoms with Crippen LogP contribution in [0, 0.1) is 6.92 Å². The third-order valence-electron chi connectivity index (χ3n) is 3.91. The lowest BCUT2D eigenvalue weighted by molar-refractivity contribution is -0.129. The van der Waals surface area contributed by atoms with Gasteiger partial charge in [-0.25, -0.2) is 9.79 Å². The number of nitrogens with zero attached hydrogens (tertiary/aromatic N) is 1. The smallest absolute Gasteiger partial charge is 0.363 e. The number of aliphatic imine (C=N–C) groups is 1. The molecule has 0 unspecified atom stereocenters. The fourth-order valence-corrected chi connectivity index (χ4v) is 2.93. The number of hydrogen-bond acceptors (Lipinski definition) is 5. The molecule has 6 heteroatoms. The summed E-state index contributed by atoms with van der Waals surface area (Å²) in [5.74, 6) is 0.780. The number of carbonyl (C=O) groups is 1. The van der Waals surface area contributed by atoms with Crippen molar-refractivity contribution in [3.63, 3.8) is 0 Å². The van der Waals surface area contributed by atoms with Gasteiger partial charge in [-0.15, -0.1) is 0 Å². The molecule has 5 nitrogen and oxygen atoms in total. The van der Waals surface area contributed by atoms with Crippen molar-refractivity contribution in [2.45, 2.75) is 33.8 Å². The van der Waals surface area contributed by atoms with Crippen LogP contribution in [-0.2, 0) is 9.53 Å². The quantitative estimate of drug-likeness (QED) is 0.496. The minimum Gasteiger partial charge on any atom is -0.490 e. The molecule has 0 radical (unpaired) electrons. The van der Waals surface area contributed by atoms with Crippen LogP contribution >= 0.6 is 11.6 Å². The van der Waals surface area contributed by atoms with E-state index in [9.17, 15) is 4.79 Å². The first-order chi connectivity index (χ1) is 13.4. The number of carbonyl (C=O) groups excluding carboxylic acids is 1. The molecule has 2 aromatic rings. The summed E-state index contributed by atoms with van der Waals surface area (Å²) in [5, 5.41) is 0.403. The van der Waals surface area contributed by atoms with Crippen LogP contribution in [0.4, 0.5) is 0 Å². The van der Waals surface area contributed by atoms with Gasteiger partial charge in [0, 0.05) is 5.56 Å². The molecular weight excluding hydrogens is 378 g/mol. The molecule has 0 N–H and O–H groups in total. The summed E-state index contributed by atoms with van der Waals surface area (Å²) in [5.41, 5.74) is 2.74. The highest BCUT2D eigenvalue weighted by Crippen LogP contribution is 2.38. The summed E-state index contributed by atoms with van der Waals surface area (Å²) in [6.07, 6.45) is 1.57. The Hall–Kier alpha value is -2.79. The number of rotatable bonds is 6. The van der Waals surface area contributed by atoms with Crippen molar-refractivity contribution >= 4 is 29.5 Å². The van der Waals surface area contributed by atoms with E-state index >= 15 is 0 Å². The van der Waals surface area contributed by atoms with Crippen LogP contribution in [-0.4, -0.2) is 24.6 Å². The Morgan fingerprint density at radius 1 is 1.21 bits per heavy atom. The number of halogens is 1. The van der Waals surface area contributed by atoms with E-state index in [-0.39, 0.29) is 17.7 Å². The molecule has 3 rings (SSSR count). The molecule has 0 saturated carbocycles. The second-order valence-electron chi connectivity index (χ2n) is 6.63. The van der Waals surface area contributed by atoms with Gasteiger partial charge in [-0.05, 0) is 63.6 Å². The molecule has 2 aromatic carbocycles. The Bertz CT molecular complexity index is 946. The first-order valence-corrected chi connectivity index (χ1v) is 9.47. The summed E-state index contributed by atoms with van der Waals surface area (Å²) in [7, 11) is 0. The zero-order valence-electron chi connectivity index (χ0n) is 16.3. The number of esters is 1. The van der Waals surface area contributed by atoms with Crippen molar-refractivity contribution in [3.05, 3.63) is 63.8 Å². The lowest BCUT2D eigenvalue weighted by atomic mass is 10.1. The predicted octanol–water partition coefficient (Wildman–Crippen LogP) is 5.18. The molecular formula is C22H22ClNO4. The van der Waals surface area contributed by atoms with Crippen molar-refractivity contribution in [2.75, 3.05) is 6.61 Å². The van der Waals surface area contributed by atoms with Crippen molar-refractivity contribution in [3.8, 4) is 11.5 Å². The highest BCUT2D eigenvalue weighted by molar-refractivity contribution is 6.32. The lowest BCUT2D eigenvalue weighted by Crippen LogP contribution is -2.08. The number of hydrogen-bond donors (Lipinski definition) is 0. The van der Waals surface area contributed by atoms with Gasteiger partial charge in [0.15, 0.2) is 17.2 Å². The Labute approximate surface area is 169 Å². The summed E-state index contributed by atoms with van der Waals surface area (Å²) in [6, 6.07) is 11.1. The van der Waals surface area contributed by atoms with Crippen LogP contribution in [0.15, 0.2) is 47.1 Å². The van der Waals surface area contributed by atoms with E-state index in [2.05, 4.69) is 4.99 Å². The lowest BCUT2D eigenvalue weighted by Gasteiger charge is -2.16. The third kappa shape index (κ3) is 4.54. The first-order valence-electron chi connectivity index (χ1n) is 9.10. The van der Waals surface area contributed by atoms with Gasteiger partial charge in [-0.2, -0.15) is 0 Å². The summed E-state index contributed by atoms with van der Waals surface area (Å²) in [4.78, 5) is 16.6. The van der Waals surface area contributed by atoms with Gasteiger partial charge in [0.2, 0.25) is 5.90 Å². The van der Waals surface area contributed by atoms with Gasteiger partial charge < -0.3 is 14.2 Å². The van der Waals surface area contributed by atoms with Gasteiger partial charge in [0.1, 0.15) is 0 Å². The molecule has 0 fully saturated rings. The van der Waals surface area contributed by atoms with E-state index < -0.39 is 5.97 Å². The molecule has 0 atom stereocenters. The molecule has 146 valence electrons. The highest BCUT2D eigenvalue weighted by atomic mass is 35.5. The van der Waals surface area contributed by atoms with Crippen molar-refractivity contribution in [1.29, 1.82) is 0 Å². The molecule has 0 amide bonds. The minimum absolute atomic E-state index is 0.0487. The number of aryl methyl sites for hydroxylation is 1. The molecule has 0 spiro atoms. The monoisotopic (exact) mass is 399 g/mol. The maximum absolute atomic E-state index is 12.2. The normalized spacial score (nSPS) is 15.0. The second kappa shape index (κ2) is 8.48. The number of ether oxygens (including phenoxy) is 3. The second-order valence-corrected chi connectivity index (χ2v) is 7.04. The summed E-state index contributed by atoms with van der Waals surface area (Å²) < 4.78 is 16.7. The average Bonchev–Trinajstić information content (AvgIpc) is 2.99. The van der Waals surface area contributed by atoms with E-state index in [1.165, 1.54) is 0 Å². The molecule has 1 aliphatic rings. The van der Waals surface area contributed by atoms with E-state index in [0.717, 1.165) is 11.1 Å². The van der Waals surface area contributed by atoms with Crippen LogP contribution in [0.2, 0.25) is 5.02 Å². The van der Waals surface area contributed by atoms with Crippen LogP contribution < -0.4 is 9.47 Å². The molecule has 0 saturated heterocycles. The zero-order valence-corrected chi connectivity index (χ0v) is 17.0. The third-order valence-corrected chi connectivity index (χ3v) is 4.19. The van der Waals surface area contributed by atoms with E-state index in [1.807, 2.05) is 52.0 Å². The van der Waals surface area contributed by atoms with E-state index in [4.69, 9.17) is 25.8 Å². The summed E-state index contributed by atoms with van der Waals surface area (Å²) in [6.45, 7) is 8.16. The van der Waals surface area contributed by atoms with Crippen LogP contribution in [0.1, 0.15) is 37.5 Å². The predicted molar refractivity (Wildman–Crippen MR) is 110 cm³/mol. The van der Waals surface area contributed by atoms with Crippen molar-refractivity contribution < 1.29 is 19.0 Å². The topological polar surface area (TPSA) is 57.1 Å². The zero-order chi connectivity index (χ0) is 20.3. The SMILES string of the molecule is CCOc1cc(/C=C2\N=C(c3ccc(C)cc3)OC2=O)cc(Cl)c1OC(C)C. The van der Waals surface area contributed by atoms with Gasteiger partial charge >= 0.3 is 5.97 Å². The highest BCUT2D eigenvalue weighted by Gasteiger charge is 2.24. The molecule has 0 bridgehead atoms.